The molecule has 1 amide bonds. The molecule has 0 unspecified atom stereocenters. The maximum atomic E-state index is 12.1. The number of hydrogen-bond acceptors (Lipinski definition) is 5. The Hall–Kier alpha value is -2.08. The average molecular weight is 264 g/mol. The zero-order valence-electron chi connectivity index (χ0n) is 11.2. The molecular formula is C13H16N2O4. The first kappa shape index (κ1) is 13.4. The lowest BCUT2D eigenvalue weighted by Crippen LogP contribution is -2.25. The summed E-state index contributed by atoms with van der Waals surface area (Å²) in [5.41, 5.74) is 0.706. The van der Waals surface area contributed by atoms with Gasteiger partial charge in [-0.3, -0.25) is 4.79 Å². The molecule has 19 heavy (non-hydrogen) atoms. The van der Waals surface area contributed by atoms with Crippen molar-refractivity contribution in [3.8, 4) is 0 Å². The second-order valence-electron chi connectivity index (χ2n) is 4.29. The minimum absolute atomic E-state index is 0.206. The predicted octanol–water partition coefficient (Wildman–Crippen LogP) is 1.99. The summed E-state index contributed by atoms with van der Waals surface area (Å²) in [6, 6.07) is 5.16. The molecule has 0 atom stereocenters. The van der Waals surface area contributed by atoms with Gasteiger partial charge < -0.3 is 18.6 Å². The molecule has 2 rings (SSSR count). The van der Waals surface area contributed by atoms with E-state index in [1.165, 1.54) is 4.90 Å². The molecule has 102 valence electrons. The van der Waals surface area contributed by atoms with Crippen LogP contribution in [0.2, 0.25) is 0 Å². The van der Waals surface area contributed by atoms with Crippen molar-refractivity contribution in [3.05, 3.63) is 41.2 Å². The highest BCUT2D eigenvalue weighted by Crippen LogP contribution is 2.13. The van der Waals surface area contributed by atoms with Crippen molar-refractivity contribution >= 4 is 5.91 Å². The van der Waals surface area contributed by atoms with Crippen LogP contribution in [0.4, 0.5) is 0 Å². The number of carbonyl (C=O) groups is 1. The first-order valence-corrected chi connectivity index (χ1v) is 5.85. The van der Waals surface area contributed by atoms with Gasteiger partial charge in [-0.1, -0.05) is 5.16 Å². The van der Waals surface area contributed by atoms with Crippen LogP contribution < -0.4 is 0 Å². The normalized spacial score (nSPS) is 10.7. The smallest absolute Gasteiger partial charge is 0.289 e. The SMILES string of the molecule is COCc1ccc(C(=O)N(C)Cc2cc(C)on2)o1. The number of rotatable bonds is 5. The lowest BCUT2D eigenvalue weighted by atomic mass is 10.3. The van der Waals surface area contributed by atoms with E-state index in [-0.39, 0.29) is 11.7 Å². The van der Waals surface area contributed by atoms with E-state index in [4.69, 9.17) is 13.7 Å². The Morgan fingerprint density at radius 3 is 2.89 bits per heavy atom. The number of nitrogens with zero attached hydrogens (tertiary/aromatic N) is 2. The van der Waals surface area contributed by atoms with Gasteiger partial charge in [0.2, 0.25) is 0 Å². The van der Waals surface area contributed by atoms with Gasteiger partial charge >= 0.3 is 0 Å². The summed E-state index contributed by atoms with van der Waals surface area (Å²) in [5.74, 6) is 1.42. The topological polar surface area (TPSA) is 68.7 Å². The highest BCUT2D eigenvalue weighted by Gasteiger charge is 2.17. The van der Waals surface area contributed by atoms with Crippen LogP contribution in [-0.2, 0) is 17.9 Å². The fraction of sp³-hybridized carbons (Fsp3) is 0.385. The van der Waals surface area contributed by atoms with E-state index < -0.39 is 0 Å². The molecule has 0 spiro atoms. The Labute approximate surface area is 110 Å². The summed E-state index contributed by atoms with van der Waals surface area (Å²) >= 11 is 0. The van der Waals surface area contributed by atoms with E-state index in [9.17, 15) is 4.79 Å². The maximum absolute atomic E-state index is 12.1. The summed E-state index contributed by atoms with van der Waals surface area (Å²) in [6.45, 7) is 2.53. The highest BCUT2D eigenvalue weighted by atomic mass is 16.5. The first-order chi connectivity index (χ1) is 9.10. The van der Waals surface area contributed by atoms with Gasteiger partial charge in [0.25, 0.3) is 5.91 Å². The van der Waals surface area contributed by atoms with Gasteiger partial charge in [-0.05, 0) is 19.1 Å². The van der Waals surface area contributed by atoms with Crippen LogP contribution >= 0.6 is 0 Å². The van der Waals surface area contributed by atoms with Gasteiger partial charge in [0.15, 0.2) is 5.76 Å². The quantitative estimate of drug-likeness (QED) is 0.826. The third kappa shape index (κ3) is 3.23. The molecule has 2 heterocycles. The molecule has 0 saturated carbocycles. The van der Waals surface area contributed by atoms with Crippen molar-refractivity contribution in [1.29, 1.82) is 0 Å². The summed E-state index contributed by atoms with van der Waals surface area (Å²) < 4.78 is 15.3. The Bertz CT molecular complexity index is 558. The molecule has 0 saturated heterocycles. The van der Waals surface area contributed by atoms with Crippen molar-refractivity contribution in [2.45, 2.75) is 20.1 Å². The molecule has 0 aliphatic rings. The van der Waals surface area contributed by atoms with Gasteiger partial charge in [-0.2, -0.15) is 0 Å². The fourth-order valence-corrected chi connectivity index (χ4v) is 1.71. The largest absolute Gasteiger partial charge is 0.453 e. The lowest BCUT2D eigenvalue weighted by Gasteiger charge is -2.13. The molecule has 0 aromatic carbocycles. The summed E-state index contributed by atoms with van der Waals surface area (Å²) in [5, 5.41) is 3.85. The summed E-state index contributed by atoms with van der Waals surface area (Å²) in [7, 11) is 3.26. The summed E-state index contributed by atoms with van der Waals surface area (Å²) in [6.07, 6.45) is 0. The van der Waals surface area contributed by atoms with Crippen LogP contribution in [0, 0.1) is 6.92 Å². The monoisotopic (exact) mass is 264 g/mol. The van der Waals surface area contributed by atoms with Crippen molar-refractivity contribution in [2.24, 2.45) is 0 Å². The van der Waals surface area contributed by atoms with Gasteiger partial charge in [-0.25, -0.2) is 0 Å². The van der Waals surface area contributed by atoms with Gasteiger partial charge in [-0.15, -0.1) is 0 Å². The van der Waals surface area contributed by atoms with E-state index in [0.717, 1.165) is 5.76 Å². The van der Waals surface area contributed by atoms with Gasteiger partial charge in [0.05, 0.1) is 6.54 Å². The van der Waals surface area contributed by atoms with Crippen LogP contribution in [0.25, 0.3) is 0 Å². The second kappa shape index (κ2) is 5.71. The number of ether oxygens (including phenoxy) is 1. The molecule has 6 nitrogen and oxygen atoms in total. The van der Waals surface area contributed by atoms with Crippen LogP contribution in [0.3, 0.4) is 0 Å². The van der Waals surface area contributed by atoms with Gasteiger partial charge in [0, 0.05) is 20.2 Å². The predicted molar refractivity (Wildman–Crippen MR) is 66.5 cm³/mol. The third-order valence-electron chi connectivity index (χ3n) is 2.58. The average Bonchev–Trinajstić information content (AvgIpc) is 2.98. The second-order valence-corrected chi connectivity index (χ2v) is 4.29. The maximum Gasteiger partial charge on any atom is 0.289 e. The number of aromatic nitrogens is 1. The van der Waals surface area contributed by atoms with Gasteiger partial charge in [0.1, 0.15) is 23.8 Å². The van der Waals surface area contributed by atoms with E-state index in [0.29, 0.717) is 24.6 Å². The Morgan fingerprint density at radius 2 is 2.26 bits per heavy atom. The number of furan rings is 1. The first-order valence-electron chi connectivity index (χ1n) is 5.85. The Balaban J connectivity index is 2.01. The molecule has 0 aliphatic carbocycles. The Morgan fingerprint density at radius 1 is 1.47 bits per heavy atom. The molecular weight excluding hydrogens is 248 g/mol. The minimum Gasteiger partial charge on any atom is -0.453 e. The van der Waals surface area contributed by atoms with Crippen LogP contribution in [0.1, 0.15) is 27.8 Å². The van der Waals surface area contributed by atoms with E-state index in [2.05, 4.69) is 5.16 Å². The molecule has 0 aliphatic heterocycles. The van der Waals surface area contributed by atoms with E-state index >= 15 is 0 Å². The molecule has 2 aromatic rings. The molecule has 0 bridgehead atoms. The zero-order valence-corrected chi connectivity index (χ0v) is 11.2. The van der Waals surface area contributed by atoms with Crippen LogP contribution in [-0.4, -0.2) is 30.1 Å². The van der Waals surface area contributed by atoms with Crippen molar-refractivity contribution in [1.82, 2.24) is 10.1 Å². The van der Waals surface area contributed by atoms with E-state index in [1.54, 1.807) is 32.4 Å². The highest BCUT2D eigenvalue weighted by molar-refractivity contribution is 5.91. The fourth-order valence-electron chi connectivity index (χ4n) is 1.71. The van der Waals surface area contributed by atoms with Crippen LogP contribution in [0.15, 0.2) is 27.1 Å². The molecule has 0 radical (unpaired) electrons. The molecule has 0 fully saturated rings. The Kier molecular flexibility index (Phi) is 4.01. The third-order valence-corrected chi connectivity index (χ3v) is 2.58. The van der Waals surface area contributed by atoms with Crippen molar-refractivity contribution in [2.75, 3.05) is 14.2 Å². The molecule has 6 heteroatoms. The number of amides is 1. The van der Waals surface area contributed by atoms with E-state index in [1.807, 2.05) is 6.92 Å². The minimum atomic E-state index is -0.206. The molecule has 0 N–H and O–H groups in total. The van der Waals surface area contributed by atoms with Crippen LogP contribution in [0.5, 0.6) is 0 Å². The number of carbonyl (C=O) groups excluding carboxylic acids is 1. The lowest BCUT2D eigenvalue weighted by molar-refractivity contribution is 0.0742. The van der Waals surface area contributed by atoms with Crippen molar-refractivity contribution in [3.63, 3.8) is 0 Å². The number of hydrogen-bond donors (Lipinski definition) is 0. The number of aryl methyl sites for hydroxylation is 1. The number of methoxy groups -OCH3 is 1. The molecule has 2 aromatic heterocycles. The standard InChI is InChI=1S/C13H16N2O4/c1-9-6-10(14-19-9)7-15(2)13(16)12-5-4-11(18-12)8-17-3/h4-6H,7-8H2,1-3H3. The van der Waals surface area contributed by atoms with Crippen molar-refractivity contribution < 1.29 is 18.5 Å². The zero-order chi connectivity index (χ0) is 13.8. The summed E-state index contributed by atoms with van der Waals surface area (Å²) in [4.78, 5) is 13.6.